The highest BCUT2D eigenvalue weighted by Gasteiger charge is 1.98. The first kappa shape index (κ1) is 20.5. The third-order valence-corrected chi connectivity index (χ3v) is 3.24. The third-order valence-electron chi connectivity index (χ3n) is 3.24. The first-order valence-corrected chi connectivity index (χ1v) is 8.33. The molecule has 0 rings (SSSR count). The van der Waals surface area contributed by atoms with Gasteiger partial charge in [0.05, 0.1) is 6.61 Å². The van der Waals surface area contributed by atoms with E-state index in [4.69, 9.17) is 9.84 Å². The molecule has 0 atom stereocenters. The van der Waals surface area contributed by atoms with Crippen molar-refractivity contribution < 1.29 is 24.2 Å². The van der Waals surface area contributed by atoms with Gasteiger partial charge >= 0.3 is 12.1 Å². The van der Waals surface area contributed by atoms with Gasteiger partial charge in [-0.15, -0.1) is 0 Å². The summed E-state index contributed by atoms with van der Waals surface area (Å²) in [4.78, 5) is 21.2. The van der Waals surface area contributed by atoms with Gasteiger partial charge in [-0.2, -0.15) is 0 Å². The summed E-state index contributed by atoms with van der Waals surface area (Å²) in [5, 5.41) is 8.51. The number of carbonyl (C=O) groups is 2. The van der Waals surface area contributed by atoms with Crippen LogP contribution in [0.3, 0.4) is 0 Å². The second-order valence-electron chi connectivity index (χ2n) is 5.23. The molecule has 0 aromatic heterocycles. The lowest BCUT2D eigenvalue weighted by Crippen LogP contribution is -2.06. The average molecular weight is 314 g/mol. The Morgan fingerprint density at radius 2 is 1.45 bits per heavy atom. The van der Waals surface area contributed by atoms with Crippen LogP contribution in [0.5, 0.6) is 0 Å². The lowest BCUT2D eigenvalue weighted by molar-refractivity contribution is -0.137. The first-order chi connectivity index (χ1) is 10.7. The van der Waals surface area contributed by atoms with E-state index in [9.17, 15) is 9.59 Å². The summed E-state index contributed by atoms with van der Waals surface area (Å²) in [6.07, 6.45) is 13.5. The van der Waals surface area contributed by atoms with Gasteiger partial charge in [0.15, 0.2) is 0 Å². The highest BCUT2D eigenvalue weighted by molar-refractivity contribution is 5.66. The van der Waals surface area contributed by atoms with Gasteiger partial charge in [-0.25, -0.2) is 4.79 Å². The molecule has 5 heteroatoms. The Labute approximate surface area is 133 Å². The maximum Gasteiger partial charge on any atom is 0.508 e. The molecule has 22 heavy (non-hydrogen) atoms. The van der Waals surface area contributed by atoms with Crippen molar-refractivity contribution in [2.45, 2.75) is 71.1 Å². The molecule has 0 aromatic rings. The molecule has 0 aliphatic heterocycles. The molecule has 0 saturated heterocycles. The quantitative estimate of drug-likeness (QED) is 0.286. The molecule has 5 nitrogen and oxygen atoms in total. The first-order valence-electron chi connectivity index (χ1n) is 8.33. The minimum Gasteiger partial charge on any atom is -0.481 e. The van der Waals surface area contributed by atoms with Crippen LogP contribution in [0, 0.1) is 0 Å². The average Bonchev–Trinajstić information content (AvgIpc) is 2.47. The molecule has 0 unspecified atom stereocenters. The molecule has 0 amide bonds. The van der Waals surface area contributed by atoms with Crippen molar-refractivity contribution in [3.8, 4) is 0 Å². The fourth-order valence-corrected chi connectivity index (χ4v) is 2.06. The van der Waals surface area contributed by atoms with Crippen LogP contribution in [0.25, 0.3) is 0 Å². The second-order valence-corrected chi connectivity index (χ2v) is 5.23. The van der Waals surface area contributed by atoms with Crippen LogP contribution in [0.15, 0.2) is 12.2 Å². The zero-order valence-electron chi connectivity index (χ0n) is 13.7. The SMILES string of the molecule is CCOC(=O)OC/C=C/CCCCCCCCCCC(=O)O. The normalized spacial score (nSPS) is 10.8. The van der Waals surface area contributed by atoms with Gasteiger partial charge in [0, 0.05) is 6.42 Å². The number of allylic oxidation sites excluding steroid dienone is 1. The summed E-state index contributed by atoms with van der Waals surface area (Å²) in [7, 11) is 0. The van der Waals surface area contributed by atoms with Gasteiger partial charge in [0.25, 0.3) is 0 Å². The fourth-order valence-electron chi connectivity index (χ4n) is 2.06. The van der Waals surface area contributed by atoms with E-state index in [1.54, 1.807) is 6.92 Å². The maximum atomic E-state index is 10.9. The standard InChI is InChI=1S/C17H30O5/c1-2-21-17(20)22-15-13-11-9-7-5-3-4-6-8-10-12-14-16(18)19/h11,13H,2-10,12,14-15H2,1H3,(H,18,19)/b13-11+. The van der Waals surface area contributed by atoms with Gasteiger partial charge in [-0.3, -0.25) is 4.79 Å². The summed E-state index contributed by atoms with van der Waals surface area (Å²) in [5.41, 5.74) is 0. The topological polar surface area (TPSA) is 72.8 Å². The van der Waals surface area contributed by atoms with E-state index in [1.807, 2.05) is 12.2 Å². The van der Waals surface area contributed by atoms with E-state index >= 15 is 0 Å². The minimum atomic E-state index is -0.694. The molecule has 0 heterocycles. The van der Waals surface area contributed by atoms with Crippen molar-refractivity contribution in [1.29, 1.82) is 0 Å². The Morgan fingerprint density at radius 1 is 0.864 bits per heavy atom. The van der Waals surface area contributed by atoms with Crippen LogP contribution in [-0.2, 0) is 14.3 Å². The monoisotopic (exact) mass is 314 g/mol. The molecule has 0 bridgehead atoms. The van der Waals surface area contributed by atoms with Crippen molar-refractivity contribution in [1.82, 2.24) is 0 Å². The summed E-state index contributed by atoms with van der Waals surface area (Å²) in [6.45, 7) is 2.35. The molecular weight excluding hydrogens is 284 g/mol. The highest BCUT2D eigenvalue weighted by Crippen LogP contribution is 2.10. The molecule has 0 radical (unpaired) electrons. The number of rotatable bonds is 14. The van der Waals surface area contributed by atoms with Crippen LogP contribution in [0.4, 0.5) is 4.79 Å². The molecule has 0 aromatic carbocycles. The number of carbonyl (C=O) groups excluding carboxylic acids is 1. The number of hydrogen-bond donors (Lipinski definition) is 1. The van der Waals surface area contributed by atoms with Gasteiger partial charge in [0.1, 0.15) is 6.61 Å². The van der Waals surface area contributed by atoms with Gasteiger partial charge in [-0.1, -0.05) is 50.7 Å². The fraction of sp³-hybridized carbons (Fsp3) is 0.765. The number of carboxylic acid groups (broad SMARTS) is 1. The van der Waals surface area contributed by atoms with Crippen molar-refractivity contribution >= 4 is 12.1 Å². The highest BCUT2D eigenvalue weighted by atomic mass is 16.7. The van der Waals surface area contributed by atoms with E-state index in [-0.39, 0.29) is 6.61 Å². The van der Waals surface area contributed by atoms with Gasteiger partial charge < -0.3 is 14.6 Å². The van der Waals surface area contributed by atoms with Crippen LogP contribution >= 0.6 is 0 Å². The van der Waals surface area contributed by atoms with E-state index in [0.717, 1.165) is 32.1 Å². The molecule has 0 fully saturated rings. The summed E-state index contributed by atoms with van der Waals surface area (Å²) in [5.74, 6) is -0.694. The molecule has 0 aliphatic carbocycles. The summed E-state index contributed by atoms with van der Waals surface area (Å²) < 4.78 is 9.44. The van der Waals surface area contributed by atoms with Crippen LogP contribution in [-0.4, -0.2) is 30.4 Å². The largest absolute Gasteiger partial charge is 0.508 e. The predicted molar refractivity (Wildman–Crippen MR) is 85.9 cm³/mol. The zero-order chi connectivity index (χ0) is 16.5. The summed E-state index contributed by atoms with van der Waals surface area (Å²) in [6, 6.07) is 0. The van der Waals surface area contributed by atoms with Crippen LogP contribution < -0.4 is 0 Å². The Balaban J connectivity index is 3.16. The maximum absolute atomic E-state index is 10.9. The van der Waals surface area contributed by atoms with Crippen molar-refractivity contribution in [2.75, 3.05) is 13.2 Å². The van der Waals surface area contributed by atoms with Crippen molar-refractivity contribution in [3.05, 3.63) is 12.2 Å². The Hall–Kier alpha value is -1.52. The van der Waals surface area contributed by atoms with E-state index in [0.29, 0.717) is 13.0 Å². The molecule has 0 aliphatic rings. The Bertz CT molecular complexity index is 312. The second kappa shape index (κ2) is 15.9. The van der Waals surface area contributed by atoms with E-state index in [2.05, 4.69) is 4.74 Å². The van der Waals surface area contributed by atoms with Gasteiger partial charge in [-0.05, 0) is 26.2 Å². The lowest BCUT2D eigenvalue weighted by Gasteiger charge is -2.01. The predicted octanol–water partition coefficient (Wildman–Crippen LogP) is 4.70. The number of carboxylic acids is 1. The van der Waals surface area contributed by atoms with Crippen LogP contribution in [0.1, 0.15) is 71.1 Å². The Kier molecular flexibility index (Phi) is 14.8. The lowest BCUT2D eigenvalue weighted by atomic mass is 10.1. The summed E-state index contributed by atoms with van der Waals surface area (Å²) >= 11 is 0. The number of unbranched alkanes of at least 4 members (excludes halogenated alkanes) is 8. The minimum absolute atomic E-state index is 0.273. The van der Waals surface area contributed by atoms with E-state index in [1.165, 1.54) is 25.7 Å². The molecule has 0 spiro atoms. The molecule has 128 valence electrons. The molecule has 0 saturated carbocycles. The van der Waals surface area contributed by atoms with Crippen molar-refractivity contribution in [3.63, 3.8) is 0 Å². The number of aliphatic carboxylic acids is 1. The van der Waals surface area contributed by atoms with Gasteiger partial charge in [0.2, 0.25) is 0 Å². The molecule has 1 N–H and O–H groups in total. The number of ether oxygens (including phenoxy) is 2. The van der Waals surface area contributed by atoms with Crippen LogP contribution in [0.2, 0.25) is 0 Å². The third kappa shape index (κ3) is 16.5. The van der Waals surface area contributed by atoms with E-state index < -0.39 is 12.1 Å². The van der Waals surface area contributed by atoms with Crippen molar-refractivity contribution in [2.24, 2.45) is 0 Å². The molecular formula is C17H30O5. The number of hydrogen-bond acceptors (Lipinski definition) is 4. The zero-order valence-corrected chi connectivity index (χ0v) is 13.7. The Morgan fingerprint density at radius 3 is 2.05 bits per heavy atom. The smallest absolute Gasteiger partial charge is 0.481 e.